The van der Waals surface area contributed by atoms with Crippen molar-refractivity contribution < 1.29 is 4.79 Å². The molecule has 0 aromatic carbocycles. The van der Waals surface area contributed by atoms with Gasteiger partial charge in [-0.15, -0.1) is 0 Å². The fraction of sp³-hybridized carbons (Fsp3) is 0.833. The first-order valence-electron chi connectivity index (χ1n) is 6.06. The van der Waals surface area contributed by atoms with Gasteiger partial charge in [0, 0.05) is 18.4 Å². The Morgan fingerprint density at radius 1 is 1.47 bits per heavy atom. The number of hydrogen-bond donors (Lipinski definition) is 2. The van der Waals surface area contributed by atoms with E-state index in [0.29, 0.717) is 23.9 Å². The lowest BCUT2D eigenvalue weighted by Gasteiger charge is -2.25. The minimum atomic E-state index is -0.298. The van der Waals surface area contributed by atoms with Gasteiger partial charge in [-0.3, -0.25) is 4.79 Å². The second kappa shape index (κ2) is 6.59. The maximum atomic E-state index is 11.8. The van der Waals surface area contributed by atoms with E-state index in [1.54, 1.807) is 0 Å². The number of carbonyl (C=O) groups is 1. The molecule has 1 saturated heterocycles. The number of thioether (sulfide) groups is 1. The highest BCUT2D eigenvalue weighted by molar-refractivity contribution is 7.99. The number of thiocarbonyl (C=S) groups is 1. The topological polar surface area (TPSA) is 55.1 Å². The Morgan fingerprint density at radius 3 is 2.59 bits per heavy atom. The van der Waals surface area contributed by atoms with E-state index < -0.39 is 0 Å². The van der Waals surface area contributed by atoms with E-state index in [9.17, 15) is 4.79 Å². The van der Waals surface area contributed by atoms with E-state index in [-0.39, 0.29) is 11.3 Å². The first-order valence-corrected chi connectivity index (χ1v) is 7.62. The Balaban J connectivity index is 2.27. The zero-order chi connectivity index (χ0) is 12.9. The van der Waals surface area contributed by atoms with Crippen LogP contribution in [-0.4, -0.2) is 28.9 Å². The molecule has 0 aromatic rings. The van der Waals surface area contributed by atoms with Gasteiger partial charge in [0.05, 0.1) is 4.99 Å². The molecule has 1 fully saturated rings. The lowest BCUT2D eigenvalue weighted by atomic mass is 9.93. The van der Waals surface area contributed by atoms with Gasteiger partial charge in [0.25, 0.3) is 0 Å². The molecule has 0 spiro atoms. The molecule has 5 heteroatoms. The molecule has 1 amide bonds. The van der Waals surface area contributed by atoms with E-state index >= 15 is 0 Å². The number of carbonyl (C=O) groups excluding carboxylic acids is 1. The summed E-state index contributed by atoms with van der Waals surface area (Å²) in [6.07, 6.45) is 2.97. The molecule has 1 aliphatic rings. The highest BCUT2D eigenvalue weighted by Gasteiger charge is 2.23. The average Bonchev–Trinajstić information content (AvgIpc) is 2.28. The number of amides is 1. The van der Waals surface area contributed by atoms with Crippen LogP contribution in [-0.2, 0) is 4.79 Å². The summed E-state index contributed by atoms with van der Waals surface area (Å²) >= 11 is 6.95. The third-order valence-electron chi connectivity index (χ3n) is 3.21. The second-order valence-electron chi connectivity index (χ2n) is 5.28. The predicted octanol–water partition coefficient (Wildman–Crippen LogP) is 1.95. The van der Waals surface area contributed by atoms with Crippen molar-refractivity contribution in [2.75, 3.05) is 18.1 Å². The molecule has 0 saturated carbocycles. The van der Waals surface area contributed by atoms with Gasteiger partial charge in [-0.1, -0.05) is 26.1 Å². The van der Waals surface area contributed by atoms with Crippen molar-refractivity contribution >= 4 is 34.9 Å². The SMILES string of the molecule is CC(C)(CNC(=O)CC1CCSCC1)C(N)=S. The summed E-state index contributed by atoms with van der Waals surface area (Å²) in [6, 6.07) is 0. The lowest BCUT2D eigenvalue weighted by Crippen LogP contribution is -2.41. The Morgan fingerprint density at radius 2 is 2.06 bits per heavy atom. The molecule has 0 atom stereocenters. The molecule has 98 valence electrons. The average molecular weight is 274 g/mol. The van der Waals surface area contributed by atoms with Crippen LogP contribution in [0, 0.1) is 11.3 Å². The van der Waals surface area contributed by atoms with Gasteiger partial charge >= 0.3 is 0 Å². The van der Waals surface area contributed by atoms with E-state index in [1.165, 1.54) is 11.5 Å². The van der Waals surface area contributed by atoms with Gasteiger partial charge in [-0.05, 0) is 30.3 Å². The summed E-state index contributed by atoms with van der Waals surface area (Å²) in [5.74, 6) is 3.07. The molecule has 0 radical (unpaired) electrons. The van der Waals surface area contributed by atoms with Gasteiger partial charge in [-0.2, -0.15) is 11.8 Å². The second-order valence-corrected chi connectivity index (χ2v) is 6.95. The lowest BCUT2D eigenvalue weighted by molar-refractivity contribution is -0.122. The van der Waals surface area contributed by atoms with Crippen LogP contribution in [0.3, 0.4) is 0 Å². The summed E-state index contributed by atoms with van der Waals surface area (Å²) in [5, 5.41) is 2.94. The van der Waals surface area contributed by atoms with Crippen molar-refractivity contribution in [3.63, 3.8) is 0 Å². The van der Waals surface area contributed by atoms with Crippen LogP contribution in [0.1, 0.15) is 33.1 Å². The van der Waals surface area contributed by atoms with Crippen LogP contribution in [0.25, 0.3) is 0 Å². The number of nitrogens with two attached hydrogens (primary N) is 1. The van der Waals surface area contributed by atoms with Crippen LogP contribution in [0.4, 0.5) is 0 Å². The Bertz CT molecular complexity index is 286. The molecule has 17 heavy (non-hydrogen) atoms. The number of nitrogens with one attached hydrogen (secondary N) is 1. The largest absolute Gasteiger partial charge is 0.393 e. The smallest absolute Gasteiger partial charge is 0.220 e. The van der Waals surface area contributed by atoms with Crippen molar-refractivity contribution in [2.24, 2.45) is 17.1 Å². The van der Waals surface area contributed by atoms with Crippen LogP contribution in [0.2, 0.25) is 0 Å². The first-order chi connectivity index (χ1) is 7.92. The van der Waals surface area contributed by atoms with Crippen LogP contribution < -0.4 is 11.1 Å². The van der Waals surface area contributed by atoms with Gasteiger partial charge in [0.15, 0.2) is 0 Å². The fourth-order valence-electron chi connectivity index (χ4n) is 1.69. The third-order valence-corrected chi connectivity index (χ3v) is 4.81. The summed E-state index contributed by atoms with van der Waals surface area (Å²) in [7, 11) is 0. The fourth-order valence-corrected chi connectivity index (χ4v) is 2.97. The maximum Gasteiger partial charge on any atom is 0.220 e. The summed E-state index contributed by atoms with van der Waals surface area (Å²) in [6.45, 7) is 4.43. The molecule has 3 N–H and O–H groups in total. The molecule has 0 aliphatic carbocycles. The summed E-state index contributed by atoms with van der Waals surface area (Å²) in [5.41, 5.74) is 5.32. The normalized spacial score (nSPS) is 17.8. The molecular weight excluding hydrogens is 252 g/mol. The molecule has 3 nitrogen and oxygen atoms in total. The van der Waals surface area contributed by atoms with Crippen LogP contribution >= 0.6 is 24.0 Å². The van der Waals surface area contributed by atoms with Crippen LogP contribution in [0.15, 0.2) is 0 Å². The molecule has 0 unspecified atom stereocenters. The molecule has 1 aliphatic heterocycles. The highest BCUT2D eigenvalue weighted by atomic mass is 32.2. The Hall–Kier alpha value is -0.290. The number of rotatable bonds is 5. The highest BCUT2D eigenvalue weighted by Crippen LogP contribution is 2.25. The van der Waals surface area contributed by atoms with Crippen LogP contribution in [0.5, 0.6) is 0 Å². The Kier molecular flexibility index (Phi) is 5.73. The molecule has 1 heterocycles. The van der Waals surface area contributed by atoms with Gasteiger partial charge in [0.1, 0.15) is 0 Å². The minimum Gasteiger partial charge on any atom is -0.393 e. The molecule has 0 bridgehead atoms. The van der Waals surface area contributed by atoms with Crippen molar-refractivity contribution in [1.82, 2.24) is 5.32 Å². The monoisotopic (exact) mass is 274 g/mol. The van der Waals surface area contributed by atoms with Crippen molar-refractivity contribution in [1.29, 1.82) is 0 Å². The maximum absolute atomic E-state index is 11.8. The molecule has 1 rings (SSSR count). The standard InChI is InChI=1S/C12H22N2OS2/c1-12(2,11(13)16)8-14-10(15)7-9-3-5-17-6-4-9/h9H,3-8H2,1-2H3,(H2,13,16)(H,14,15). The first kappa shape index (κ1) is 14.8. The van der Waals surface area contributed by atoms with Crippen molar-refractivity contribution in [3.05, 3.63) is 0 Å². The zero-order valence-corrected chi connectivity index (χ0v) is 12.3. The quantitative estimate of drug-likeness (QED) is 0.752. The Labute approximate surface area is 113 Å². The van der Waals surface area contributed by atoms with Crippen molar-refractivity contribution in [2.45, 2.75) is 33.1 Å². The predicted molar refractivity (Wildman–Crippen MR) is 78.2 cm³/mol. The van der Waals surface area contributed by atoms with Gasteiger partial charge in [0.2, 0.25) is 5.91 Å². The molecule has 0 aromatic heterocycles. The van der Waals surface area contributed by atoms with Gasteiger partial charge < -0.3 is 11.1 Å². The zero-order valence-electron chi connectivity index (χ0n) is 10.6. The number of hydrogen-bond acceptors (Lipinski definition) is 3. The van der Waals surface area contributed by atoms with E-state index in [0.717, 1.165) is 12.8 Å². The summed E-state index contributed by atoms with van der Waals surface area (Å²) in [4.78, 5) is 12.2. The summed E-state index contributed by atoms with van der Waals surface area (Å²) < 4.78 is 0. The van der Waals surface area contributed by atoms with Crippen molar-refractivity contribution in [3.8, 4) is 0 Å². The van der Waals surface area contributed by atoms with E-state index in [1.807, 2.05) is 25.6 Å². The van der Waals surface area contributed by atoms with E-state index in [4.69, 9.17) is 18.0 Å². The minimum absolute atomic E-state index is 0.131. The van der Waals surface area contributed by atoms with Gasteiger partial charge in [-0.25, -0.2) is 0 Å². The third kappa shape index (κ3) is 5.25. The molecular formula is C12H22N2OS2. The van der Waals surface area contributed by atoms with E-state index in [2.05, 4.69) is 5.32 Å².